The molecule has 154 valence electrons. The Balaban J connectivity index is 1.98. The van der Waals surface area contributed by atoms with Gasteiger partial charge < -0.3 is 19.5 Å². The van der Waals surface area contributed by atoms with Gasteiger partial charge in [0.25, 0.3) is 5.91 Å². The van der Waals surface area contributed by atoms with Gasteiger partial charge in [-0.15, -0.1) is 0 Å². The van der Waals surface area contributed by atoms with Gasteiger partial charge in [-0.1, -0.05) is 30.3 Å². The second-order valence-corrected chi connectivity index (χ2v) is 6.98. The predicted molar refractivity (Wildman–Crippen MR) is 110 cm³/mol. The number of carbonyl (C=O) groups excluding carboxylic acids is 3. The van der Waals surface area contributed by atoms with Crippen LogP contribution in [0.1, 0.15) is 22.8 Å². The van der Waals surface area contributed by atoms with E-state index in [4.69, 9.17) is 14.2 Å². The summed E-state index contributed by atoms with van der Waals surface area (Å²) in [6.07, 6.45) is 0.358. The Morgan fingerprint density at radius 3 is 2.14 bits per heavy atom. The molecule has 1 N–H and O–H groups in total. The monoisotopic (exact) mass is 463 g/mol. The molecule has 1 unspecified atom stereocenters. The Bertz CT molecular complexity index is 859. The smallest absolute Gasteiger partial charge is 0.338 e. The van der Waals surface area contributed by atoms with Gasteiger partial charge in [0.2, 0.25) is 0 Å². The van der Waals surface area contributed by atoms with E-state index in [0.29, 0.717) is 22.4 Å². The van der Waals surface area contributed by atoms with Crippen LogP contribution in [-0.4, -0.2) is 44.5 Å². The van der Waals surface area contributed by atoms with E-state index in [2.05, 4.69) is 21.2 Å². The second kappa shape index (κ2) is 10.6. The number of amides is 1. The fourth-order valence-electron chi connectivity index (χ4n) is 2.58. The number of ether oxygens (including phenoxy) is 3. The van der Waals surface area contributed by atoms with Crippen molar-refractivity contribution in [1.29, 1.82) is 0 Å². The van der Waals surface area contributed by atoms with Crippen molar-refractivity contribution < 1.29 is 28.6 Å². The van der Waals surface area contributed by atoms with Gasteiger partial charge >= 0.3 is 5.97 Å². The number of ketones is 1. The van der Waals surface area contributed by atoms with Crippen LogP contribution in [0.4, 0.5) is 0 Å². The highest BCUT2D eigenvalue weighted by Gasteiger charge is 2.20. The first-order valence-electron chi connectivity index (χ1n) is 8.78. The Morgan fingerprint density at radius 1 is 1.03 bits per heavy atom. The fraction of sp³-hybridized carbons (Fsp3) is 0.286. The Hall–Kier alpha value is -2.87. The first kappa shape index (κ1) is 22.4. The fourth-order valence-corrected chi connectivity index (χ4v) is 3.14. The molecule has 0 aliphatic rings. The van der Waals surface area contributed by atoms with Crippen molar-refractivity contribution in [3.8, 4) is 11.5 Å². The Kier molecular flexibility index (Phi) is 8.21. The molecule has 0 heterocycles. The largest absolute Gasteiger partial charge is 0.495 e. The first-order chi connectivity index (χ1) is 13.8. The third kappa shape index (κ3) is 6.32. The first-order valence-corrected chi connectivity index (χ1v) is 9.57. The highest BCUT2D eigenvalue weighted by molar-refractivity contribution is 9.10. The summed E-state index contributed by atoms with van der Waals surface area (Å²) in [6, 6.07) is 11.6. The summed E-state index contributed by atoms with van der Waals surface area (Å²) < 4.78 is 16.0. The highest BCUT2D eigenvalue weighted by Crippen LogP contribution is 2.35. The number of esters is 1. The zero-order valence-electron chi connectivity index (χ0n) is 16.4. The summed E-state index contributed by atoms with van der Waals surface area (Å²) in [7, 11) is 2.91. The summed E-state index contributed by atoms with van der Waals surface area (Å²) in [5, 5.41) is 2.60. The lowest BCUT2D eigenvalue weighted by atomic mass is 10.0. The zero-order valence-corrected chi connectivity index (χ0v) is 17.9. The molecular weight excluding hydrogens is 442 g/mol. The van der Waals surface area contributed by atoms with Gasteiger partial charge in [-0.05, 0) is 47.0 Å². The van der Waals surface area contributed by atoms with E-state index in [0.717, 1.165) is 5.56 Å². The molecule has 0 spiro atoms. The van der Waals surface area contributed by atoms with E-state index >= 15 is 0 Å². The number of methoxy groups -OCH3 is 2. The average molecular weight is 464 g/mol. The van der Waals surface area contributed by atoms with Gasteiger partial charge in [0.15, 0.2) is 12.4 Å². The maximum absolute atomic E-state index is 12.3. The number of benzene rings is 2. The number of rotatable bonds is 9. The minimum absolute atomic E-state index is 0.169. The van der Waals surface area contributed by atoms with Crippen LogP contribution in [0.5, 0.6) is 11.5 Å². The summed E-state index contributed by atoms with van der Waals surface area (Å²) >= 11 is 3.32. The number of nitrogens with one attached hydrogen (secondary N) is 1. The molecule has 0 bridgehead atoms. The molecule has 7 nitrogen and oxygen atoms in total. The van der Waals surface area contributed by atoms with Gasteiger partial charge in [-0.25, -0.2) is 4.79 Å². The van der Waals surface area contributed by atoms with Crippen LogP contribution < -0.4 is 14.8 Å². The van der Waals surface area contributed by atoms with Gasteiger partial charge in [0.1, 0.15) is 16.0 Å². The van der Waals surface area contributed by atoms with Crippen molar-refractivity contribution in [2.75, 3.05) is 20.8 Å². The van der Waals surface area contributed by atoms with Crippen molar-refractivity contribution in [3.05, 3.63) is 58.1 Å². The van der Waals surface area contributed by atoms with E-state index in [1.165, 1.54) is 33.3 Å². The summed E-state index contributed by atoms with van der Waals surface area (Å²) in [4.78, 5) is 36.4. The van der Waals surface area contributed by atoms with E-state index in [1.54, 1.807) is 0 Å². The summed E-state index contributed by atoms with van der Waals surface area (Å²) in [5.74, 6) is -0.686. The van der Waals surface area contributed by atoms with Crippen molar-refractivity contribution in [3.63, 3.8) is 0 Å². The maximum atomic E-state index is 12.3. The molecule has 8 heteroatoms. The zero-order chi connectivity index (χ0) is 21.4. The molecule has 2 aromatic rings. The number of hydrogen-bond donors (Lipinski definition) is 1. The van der Waals surface area contributed by atoms with Gasteiger partial charge in [0, 0.05) is 0 Å². The lowest BCUT2D eigenvalue weighted by molar-refractivity contribution is -0.128. The molecule has 1 atom stereocenters. The van der Waals surface area contributed by atoms with Crippen LogP contribution >= 0.6 is 15.9 Å². The van der Waals surface area contributed by atoms with Crippen LogP contribution in [-0.2, 0) is 20.7 Å². The standard InChI is InChI=1S/C21H22BrNO6/c1-13(24)16(9-14-7-5-4-6-8-14)23-19(25)12-29-21(26)15-10-17(27-2)20(22)18(11-15)28-3/h4-8,10-11,16H,9,12H2,1-3H3,(H,23,25). The molecular formula is C21H22BrNO6. The van der Waals surface area contributed by atoms with Crippen LogP contribution in [0.3, 0.4) is 0 Å². The average Bonchev–Trinajstić information content (AvgIpc) is 2.72. The molecule has 0 aliphatic carbocycles. The van der Waals surface area contributed by atoms with Gasteiger partial charge in [-0.3, -0.25) is 9.59 Å². The minimum atomic E-state index is -0.716. The third-order valence-electron chi connectivity index (χ3n) is 4.12. The Labute approximate surface area is 177 Å². The van der Waals surface area contributed by atoms with E-state index in [-0.39, 0.29) is 11.3 Å². The SMILES string of the molecule is COc1cc(C(=O)OCC(=O)NC(Cc2ccccc2)C(C)=O)cc(OC)c1Br. The van der Waals surface area contributed by atoms with Crippen LogP contribution in [0.15, 0.2) is 46.9 Å². The molecule has 29 heavy (non-hydrogen) atoms. The number of halogens is 1. The second-order valence-electron chi connectivity index (χ2n) is 6.19. The van der Waals surface area contributed by atoms with Gasteiger partial charge in [-0.2, -0.15) is 0 Å². The molecule has 0 radical (unpaired) electrons. The topological polar surface area (TPSA) is 90.9 Å². The lowest BCUT2D eigenvalue weighted by Crippen LogP contribution is -2.43. The molecule has 0 aromatic heterocycles. The molecule has 0 fully saturated rings. The molecule has 1 amide bonds. The lowest BCUT2D eigenvalue weighted by Gasteiger charge is -2.16. The molecule has 2 rings (SSSR count). The third-order valence-corrected chi connectivity index (χ3v) is 4.91. The van der Waals surface area contributed by atoms with Crippen LogP contribution in [0.2, 0.25) is 0 Å². The van der Waals surface area contributed by atoms with E-state index in [9.17, 15) is 14.4 Å². The van der Waals surface area contributed by atoms with Crippen molar-refractivity contribution >= 4 is 33.6 Å². The molecule has 2 aromatic carbocycles. The van der Waals surface area contributed by atoms with E-state index in [1.807, 2.05) is 30.3 Å². The number of carbonyl (C=O) groups is 3. The quantitative estimate of drug-likeness (QED) is 0.574. The van der Waals surface area contributed by atoms with Crippen LogP contribution in [0, 0.1) is 0 Å². The van der Waals surface area contributed by atoms with Crippen LogP contribution in [0.25, 0.3) is 0 Å². The molecule has 0 saturated heterocycles. The summed E-state index contributed by atoms with van der Waals surface area (Å²) in [5.41, 5.74) is 1.08. The molecule has 0 saturated carbocycles. The highest BCUT2D eigenvalue weighted by atomic mass is 79.9. The van der Waals surface area contributed by atoms with Crippen molar-refractivity contribution in [2.45, 2.75) is 19.4 Å². The Morgan fingerprint density at radius 2 is 1.62 bits per heavy atom. The minimum Gasteiger partial charge on any atom is -0.495 e. The number of hydrogen-bond acceptors (Lipinski definition) is 6. The normalized spacial score (nSPS) is 11.3. The predicted octanol–water partition coefficient (Wildman–Crippen LogP) is 2.94. The van der Waals surface area contributed by atoms with Crippen molar-refractivity contribution in [2.24, 2.45) is 0 Å². The molecule has 0 aliphatic heterocycles. The van der Waals surface area contributed by atoms with Gasteiger partial charge in [0.05, 0.1) is 25.8 Å². The maximum Gasteiger partial charge on any atom is 0.338 e. The summed E-state index contributed by atoms with van der Waals surface area (Å²) in [6.45, 7) is 0.887. The van der Waals surface area contributed by atoms with E-state index < -0.39 is 24.5 Å². The number of Topliss-reactive ketones (excluding diaryl/α,β-unsaturated/α-hetero) is 1. The van der Waals surface area contributed by atoms with Crippen molar-refractivity contribution in [1.82, 2.24) is 5.32 Å².